The molecule has 0 saturated carbocycles. The fourth-order valence-electron chi connectivity index (χ4n) is 2.92. The number of hydrogen-bond donors (Lipinski definition) is 1. The van der Waals surface area contributed by atoms with Crippen molar-refractivity contribution in [2.24, 2.45) is 5.92 Å². The third-order valence-electron chi connectivity index (χ3n) is 3.97. The van der Waals surface area contributed by atoms with Crippen molar-refractivity contribution in [1.29, 1.82) is 0 Å². The molecule has 1 N–H and O–H groups in total. The molecule has 0 spiro atoms. The van der Waals surface area contributed by atoms with Crippen molar-refractivity contribution in [3.63, 3.8) is 0 Å². The molecule has 2 saturated heterocycles. The smallest absolute Gasteiger partial charge is 0.257 e. The van der Waals surface area contributed by atoms with Gasteiger partial charge in [0, 0.05) is 24.0 Å². The van der Waals surface area contributed by atoms with Crippen LogP contribution in [0.15, 0.2) is 18.2 Å². The summed E-state index contributed by atoms with van der Waals surface area (Å²) < 4.78 is 11.1. The molecule has 114 valence electrons. The maximum absolute atomic E-state index is 12.6. The Morgan fingerprint density at radius 1 is 1.33 bits per heavy atom. The molecular weight excluding hydrogens is 294 g/mol. The Balaban J connectivity index is 1.73. The lowest BCUT2D eigenvalue weighted by Crippen LogP contribution is -2.43. The number of nitrogens with zero attached hydrogens (tertiary/aromatic N) is 1. The molecule has 2 aliphatic rings. The standard InChI is InChI=1S/C15H18ClNO4/c16-11-3-4-13(18)12(8-11)14(19)17-5-1-2-10(9-17)15-20-6-7-21-15/h3-4,8,10,15,18H,1-2,5-7,9H2. The van der Waals surface area contributed by atoms with Crippen LogP contribution in [0.4, 0.5) is 0 Å². The topological polar surface area (TPSA) is 59.0 Å². The quantitative estimate of drug-likeness (QED) is 0.910. The van der Waals surface area contributed by atoms with E-state index in [9.17, 15) is 9.90 Å². The van der Waals surface area contributed by atoms with Crippen LogP contribution < -0.4 is 0 Å². The van der Waals surface area contributed by atoms with Crippen LogP contribution in [0.3, 0.4) is 0 Å². The van der Waals surface area contributed by atoms with Crippen LogP contribution in [0.5, 0.6) is 5.75 Å². The summed E-state index contributed by atoms with van der Waals surface area (Å²) in [5.41, 5.74) is 0.247. The molecule has 1 amide bonds. The highest BCUT2D eigenvalue weighted by molar-refractivity contribution is 6.31. The van der Waals surface area contributed by atoms with E-state index in [-0.39, 0.29) is 29.4 Å². The molecule has 1 unspecified atom stereocenters. The number of phenols is 1. The average molecular weight is 312 g/mol. The molecule has 2 heterocycles. The number of benzene rings is 1. The molecule has 1 aromatic carbocycles. The lowest BCUT2D eigenvalue weighted by Gasteiger charge is -2.34. The number of piperidine rings is 1. The Bertz CT molecular complexity index is 530. The molecule has 1 aromatic rings. The molecule has 2 fully saturated rings. The summed E-state index contributed by atoms with van der Waals surface area (Å²) in [5, 5.41) is 10.3. The maximum atomic E-state index is 12.6. The number of carbonyl (C=O) groups is 1. The summed E-state index contributed by atoms with van der Waals surface area (Å²) in [6.07, 6.45) is 1.67. The molecule has 5 nitrogen and oxygen atoms in total. The minimum atomic E-state index is -0.214. The van der Waals surface area contributed by atoms with Gasteiger partial charge in [-0.1, -0.05) is 11.6 Å². The Kier molecular flexibility index (Phi) is 4.33. The number of phenolic OH excluding ortho intramolecular Hbond substituents is 1. The van der Waals surface area contributed by atoms with Gasteiger partial charge in [-0.25, -0.2) is 0 Å². The Hall–Kier alpha value is -1.30. The van der Waals surface area contributed by atoms with Crippen LogP contribution in [-0.2, 0) is 9.47 Å². The zero-order valence-corrected chi connectivity index (χ0v) is 12.4. The van der Waals surface area contributed by atoms with Crippen molar-refractivity contribution in [2.45, 2.75) is 19.1 Å². The van der Waals surface area contributed by atoms with E-state index in [1.165, 1.54) is 12.1 Å². The number of likely N-dealkylation sites (tertiary alicyclic amines) is 1. The summed E-state index contributed by atoms with van der Waals surface area (Å²) in [6, 6.07) is 4.51. The van der Waals surface area contributed by atoms with Gasteiger partial charge in [0.1, 0.15) is 5.75 Å². The Labute approximate surface area is 128 Å². The number of ether oxygens (including phenoxy) is 2. The minimum Gasteiger partial charge on any atom is -0.507 e. The first-order valence-electron chi connectivity index (χ1n) is 7.16. The van der Waals surface area contributed by atoms with Gasteiger partial charge in [-0.3, -0.25) is 4.79 Å². The molecule has 6 heteroatoms. The molecular formula is C15H18ClNO4. The molecule has 0 aromatic heterocycles. The molecule has 0 aliphatic carbocycles. The lowest BCUT2D eigenvalue weighted by molar-refractivity contribution is -0.0969. The fraction of sp³-hybridized carbons (Fsp3) is 0.533. The van der Waals surface area contributed by atoms with Gasteiger partial charge in [0.2, 0.25) is 0 Å². The average Bonchev–Trinajstić information content (AvgIpc) is 3.03. The third-order valence-corrected chi connectivity index (χ3v) is 4.20. The zero-order chi connectivity index (χ0) is 14.8. The minimum absolute atomic E-state index is 0.0418. The van der Waals surface area contributed by atoms with Gasteiger partial charge in [-0.05, 0) is 31.0 Å². The molecule has 0 radical (unpaired) electrons. The van der Waals surface area contributed by atoms with Crippen LogP contribution in [-0.4, -0.2) is 48.5 Å². The molecule has 0 bridgehead atoms. The van der Waals surface area contributed by atoms with Crippen LogP contribution >= 0.6 is 11.6 Å². The van der Waals surface area contributed by atoms with Crippen LogP contribution in [0.25, 0.3) is 0 Å². The van der Waals surface area contributed by atoms with E-state index >= 15 is 0 Å². The zero-order valence-electron chi connectivity index (χ0n) is 11.6. The van der Waals surface area contributed by atoms with Crippen LogP contribution in [0, 0.1) is 5.92 Å². The number of hydrogen-bond acceptors (Lipinski definition) is 4. The van der Waals surface area contributed by atoms with Gasteiger partial charge in [-0.2, -0.15) is 0 Å². The SMILES string of the molecule is O=C(c1cc(Cl)ccc1O)N1CCCC(C2OCCO2)C1. The molecule has 3 rings (SSSR count). The van der Waals surface area contributed by atoms with Gasteiger partial charge in [0.05, 0.1) is 18.8 Å². The van der Waals surface area contributed by atoms with Crippen molar-refractivity contribution in [3.8, 4) is 5.75 Å². The van der Waals surface area contributed by atoms with Crippen molar-refractivity contribution in [2.75, 3.05) is 26.3 Å². The highest BCUT2D eigenvalue weighted by Gasteiger charge is 2.33. The number of aromatic hydroxyl groups is 1. The van der Waals surface area contributed by atoms with Gasteiger partial charge in [0.25, 0.3) is 5.91 Å². The van der Waals surface area contributed by atoms with Crippen molar-refractivity contribution >= 4 is 17.5 Å². The molecule has 1 atom stereocenters. The second-order valence-corrected chi connectivity index (χ2v) is 5.86. The Morgan fingerprint density at radius 2 is 2.10 bits per heavy atom. The number of halogens is 1. The summed E-state index contributed by atoms with van der Waals surface area (Å²) in [4.78, 5) is 14.3. The van der Waals surface area contributed by atoms with Crippen molar-refractivity contribution < 1.29 is 19.4 Å². The van der Waals surface area contributed by atoms with Crippen LogP contribution in [0.1, 0.15) is 23.2 Å². The van der Waals surface area contributed by atoms with E-state index in [1.807, 2.05) is 0 Å². The van der Waals surface area contributed by atoms with E-state index in [1.54, 1.807) is 11.0 Å². The van der Waals surface area contributed by atoms with E-state index in [0.717, 1.165) is 12.8 Å². The second-order valence-electron chi connectivity index (χ2n) is 5.42. The van der Waals surface area contributed by atoms with E-state index in [0.29, 0.717) is 31.3 Å². The summed E-state index contributed by atoms with van der Waals surface area (Å²) in [7, 11) is 0. The number of amides is 1. The first kappa shape index (κ1) is 14.6. The van der Waals surface area contributed by atoms with E-state index in [4.69, 9.17) is 21.1 Å². The van der Waals surface area contributed by atoms with Crippen molar-refractivity contribution in [3.05, 3.63) is 28.8 Å². The largest absolute Gasteiger partial charge is 0.507 e. The van der Waals surface area contributed by atoms with E-state index < -0.39 is 0 Å². The second kappa shape index (κ2) is 6.22. The summed E-state index contributed by atoms with van der Waals surface area (Å²) >= 11 is 5.91. The molecule has 21 heavy (non-hydrogen) atoms. The predicted molar refractivity (Wildman–Crippen MR) is 77.4 cm³/mol. The third kappa shape index (κ3) is 3.15. The van der Waals surface area contributed by atoms with Gasteiger partial charge in [0.15, 0.2) is 6.29 Å². The highest BCUT2D eigenvalue weighted by Crippen LogP contribution is 2.28. The Morgan fingerprint density at radius 3 is 2.86 bits per heavy atom. The van der Waals surface area contributed by atoms with E-state index in [2.05, 4.69) is 0 Å². The molecule has 2 aliphatic heterocycles. The number of carbonyl (C=O) groups excluding carboxylic acids is 1. The number of rotatable bonds is 2. The van der Waals surface area contributed by atoms with Crippen molar-refractivity contribution in [1.82, 2.24) is 4.90 Å². The summed E-state index contributed by atoms with van der Waals surface area (Å²) in [6.45, 7) is 2.48. The maximum Gasteiger partial charge on any atom is 0.257 e. The summed E-state index contributed by atoms with van der Waals surface area (Å²) in [5.74, 6) is -0.0517. The first-order chi connectivity index (χ1) is 10.1. The van der Waals surface area contributed by atoms with Gasteiger partial charge >= 0.3 is 0 Å². The monoisotopic (exact) mass is 311 g/mol. The highest BCUT2D eigenvalue weighted by atomic mass is 35.5. The normalized spacial score (nSPS) is 23.5. The lowest BCUT2D eigenvalue weighted by atomic mass is 9.96. The van der Waals surface area contributed by atoms with Gasteiger partial charge < -0.3 is 19.5 Å². The fourth-order valence-corrected chi connectivity index (χ4v) is 3.09. The first-order valence-corrected chi connectivity index (χ1v) is 7.54. The van der Waals surface area contributed by atoms with Crippen LogP contribution in [0.2, 0.25) is 5.02 Å². The predicted octanol–water partition coefficient (Wildman–Crippen LogP) is 2.27. The van der Waals surface area contributed by atoms with Gasteiger partial charge in [-0.15, -0.1) is 0 Å².